The van der Waals surface area contributed by atoms with Crippen LogP contribution in [0.5, 0.6) is 0 Å². The summed E-state index contributed by atoms with van der Waals surface area (Å²) in [5.74, 6) is -0.722. The van der Waals surface area contributed by atoms with E-state index >= 15 is 0 Å². The lowest BCUT2D eigenvalue weighted by Crippen LogP contribution is -2.25. The molecular weight excluding hydrogens is 361 g/mol. The SMILES string of the molecule is [2H]C([2H])(c1cc2cccnc2cc1F)c1cnc2ccc(C(C)=NNC(N)=O)nn12. The van der Waals surface area contributed by atoms with E-state index in [2.05, 4.69) is 25.6 Å². The Balaban J connectivity index is 1.84. The van der Waals surface area contributed by atoms with E-state index in [0.29, 0.717) is 28.0 Å². The smallest absolute Gasteiger partial charge is 0.332 e. The second-order valence-electron chi connectivity index (χ2n) is 5.96. The lowest BCUT2D eigenvalue weighted by atomic mass is 10.1. The van der Waals surface area contributed by atoms with Crippen LogP contribution >= 0.6 is 0 Å². The molecule has 3 N–H and O–H groups in total. The van der Waals surface area contributed by atoms with Crippen LogP contribution in [0.2, 0.25) is 0 Å². The summed E-state index contributed by atoms with van der Waals surface area (Å²) < 4.78 is 33.4. The molecule has 0 saturated heterocycles. The van der Waals surface area contributed by atoms with Gasteiger partial charge in [-0.3, -0.25) is 4.98 Å². The molecule has 3 heterocycles. The van der Waals surface area contributed by atoms with Crippen molar-refractivity contribution in [1.29, 1.82) is 0 Å². The van der Waals surface area contributed by atoms with Gasteiger partial charge in [-0.2, -0.15) is 10.2 Å². The molecule has 0 aliphatic carbocycles. The third kappa shape index (κ3) is 3.37. The van der Waals surface area contributed by atoms with Crippen LogP contribution in [0, 0.1) is 5.82 Å². The van der Waals surface area contributed by atoms with Crippen molar-refractivity contribution >= 4 is 28.3 Å². The number of urea groups is 1. The van der Waals surface area contributed by atoms with Crippen molar-refractivity contribution in [1.82, 2.24) is 25.0 Å². The number of nitrogens with one attached hydrogen (secondary N) is 1. The maximum atomic E-state index is 14.8. The number of benzene rings is 1. The summed E-state index contributed by atoms with van der Waals surface area (Å²) in [7, 11) is 0. The minimum Gasteiger partial charge on any atom is -0.350 e. The van der Waals surface area contributed by atoms with Crippen molar-refractivity contribution in [3.8, 4) is 0 Å². The Morgan fingerprint density at radius 1 is 1.36 bits per heavy atom. The number of imidazole rings is 1. The van der Waals surface area contributed by atoms with Crippen LogP contribution in [0.25, 0.3) is 16.6 Å². The summed E-state index contributed by atoms with van der Waals surface area (Å²) in [4.78, 5) is 19.1. The van der Waals surface area contributed by atoms with Gasteiger partial charge in [-0.1, -0.05) is 6.07 Å². The average molecular weight is 379 g/mol. The van der Waals surface area contributed by atoms with E-state index in [0.717, 1.165) is 0 Å². The zero-order valence-corrected chi connectivity index (χ0v) is 14.7. The number of primary amides is 1. The third-order valence-electron chi connectivity index (χ3n) is 4.02. The van der Waals surface area contributed by atoms with Crippen molar-refractivity contribution in [2.24, 2.45) is 10.8 Å². The van der Waals surface area contributed by atoms with Crippen molar-refractivity contribution in [2.45, 2.75) is 13.3 Å². The first-order valence-corrected chi connectivity index (χ1v) is 8.27. The fourth-order valence-corrected chi connectivity index (χ4v) is 2.68. The average Bonchev–Trinajstić information content (AvgIpc) is 3.15. The summed E-state index contributed by atoms with van der Waals surface area (Å²) in [5.41, 5.74) is 8.51. The highest BCUT2D eigenvalue weighted by molar-refractivity contribution is 5.97. The van der Waals surface area contributed by atoms with Crippen LogP contribution in [-0.2, 0) is 6.37 Å². The molecule has 28 heavy (non-hydrogen) atoms. The van der Waals surface area contributed by atoms with E-state index in [1.165, 1.54) is 22.8 Å². The van der Waals surface area contributed by atoms with Crippen molar-refractivity contribution in [3.05, 3.63) is 71.6 Å². The maximum absolute atomic E-state index is 14.8. The van der Waals surface area contributed by atoms with Crippen LogP contribution in [-0.4, -0.2) is 31.3 Å². The molecule has 140 valence electrons. The molecule has 8 nitrogen and oxygen atoms in total. The number of hydrazone groups is 1. The number of aromatic nitrogens is 4. The van der Waals surface area contributed by atoms with Crippen LogP contribution in [0.4, 0.5) is 9.18 Å². The molecule has 0 aliphatic rings. The number of carbonyl (C=O) groups is 1. The predicted molar refractivity (Wildman–Crippen MR) is 102 cm³/mol. The lowest BCUT2D eigenvalue weighted by molar-refractivity contribution is 0.249. The molecule has 0 bridgehead atoms. The highest BCUT2D eigenvalue weighted by Gasteiger charge is 2.12. The molecule has 0 saturated carbocycles. The van der Waals surface area contributed by atoms with Gasteiger partial charge in [0.05, 0.1) is 23.1 Å². The molecule has 0 aliphatic heterocycles. The third-order valence-corrected chi connectivity index (χ3v) is 4.02. The molecule has 3 aromatic heterocycles. The fourth-order valence-electron chi connectivity index (χ4n) is 2.68. The first-order chi connectivity index (χ1) is 14.3. The van der Waals surface area contributed by atoms with E-state index in [1.807, 2.05) is 0 Å². The molecule has 4 aromatic rings. The second kappa shape index (κ2) is 7.03. The highest BCUT2D eigenvalue weighted by Crippen LogP contribution is 2.20. The number of amides is 2. The van der Waals surface area contributed by atoms with E-state index < -0.39 is 18.2 Å². The summed E-state index contributed by atoms with van der Waals surface area (Å²) in [6, 6.07) is 8.48. The topological polar surface area (TPSA) is 111 Å². The molecular formula is C19H16FN7O. The minimum atomic E-state index is -2.24. The number of carbonyl (C=O) groups excluding carboxylic acids is 1. The summed E-state index contributed by atoms with van der Waals surface area (Å²) >= 11 is 0. The number of nitrogens with two attached hydrogens (primary N) is 1. The molecule has 0 radical (unpaired) electrons. The zero-order chi connectivity index (χ0) is 21.5. The lowest BCUT2D eigenvalue weighted by Gasteiger charge is -2.07. The molecule has 9 heteroatoms. The van der Waals surface area contributed by atoms with Crippen molar-refractivity contribution < 1.29 is 11.9 Å². The summed E-state index contributed by atoms with van der Waals surface area (Å²) in [6.07, 6.45) is 0.617. The standard InChI is InChI=1S/C19H16FN7O/c1-11(24-25-19(21)28)16-4-5-18-23-10-14(27(18)26-16)8-13-7-12-3-2-6-22-17(12)9-15(13)20/h2-7,9-10H,8H2,1H3,(H3,21,25,28)/i8D2. The number of fused-ring (bicyclic) bond motifs is 2. The minimum absolute atomic E-state index is 0.0390. The second-order valence-corrected chi connectivity index (χ2v) is 5.96. The molecule has 0 spiro atoms. The highest BCUT2D eigenvalue weighted by atomic mass is 19.1. The van der Waals surface area contributed by atoms with Gasteiger partial charge >= 0.3 is 6.03 Å². The number of hydrogen-bond donors (Lipinski definition) is 2. The van der Waals surface area contributed by atoms with E-state index in [-0.39, 0.29) is 11.3 Å². The Morgan fingerprint density at radius 2 is 2.21 bits per heavy atom. The molecule has 1 aromatic carbocycles. The Kier molecular flexibility index (Phi) is 3.82. The zero-order valence-electron chi connectivity index (χ0n) is 16.7. The quantitative estimate of drug-likeness (QED) is 0.419. The number of halogens is 1. The Bertz CT molecular complexity index is 1320. The molecule has 0 atom stereocenters. The van der Waals surface area contributed by atoms with Gasteiger partial charge in [0.1, 0.15) is 11.5 Å². The van der Waals surface area contributed by atoms with Gasteiger partial charge in [-0.15, -0.1) is 0 Å². The Morgan fingerprint density at radius 3 is 3.04 bits per heavy atom. The Hall–Kier alpha value is -3.88. The molecule has 0 unspecified atom stereocenters. The Labute approximate surface area is 161 Å². The molecule has 2 amide bonds. The van der Waals surface area contributed by atoms with Gasteiger partial charge in [0, 0.05) is 26.8 Å². The largest absolute Gasteiger partial charge is 0.350 e. The van der Waals surface area contributed by atoms with Gasteiger partial charge in [0.15, 0.2) is 5.65 Å². The first-order valence-electron chi connectivity index (χ1n) is 9.27. The number of rotatable bonds is 4. The first kappa shape index (κ1) is 15.2. The van der Waals surface area contributed by atoms with Gasteiger partial charge in [0.25, 0.3) is 0 Å². The van der Waals surface area contributed by atoms with Crippen LogP contribution in [0.15, 0.2) is 53.9 Å². The van der Waals surface area contributed by atoms with E-state index in [4.69, 9.17) is 8.48 Å². The van der Waals surface area contributed by atoms with E-state index in [9.17, 15) is 9.18 Å². The predicted octanol–water partition coefficient (Wildman–Crippen LogP) is 2.40. The number of pyridine rings is 1. The number of nitrogens with zero attached hydrogens (tertiary/aromatic N) is 5. The summed E-state index contributed by atoms with van der Waals surface area (Å²) in [6.45, 7) is 1.60. The van der Waals surface area contributed by atoms with Crippen molar-refractivity contribution in [3.63, 3.8) is 0 Å². The summed E-state index contributed by atoms with van der Waals surface area (Å²) in [5, 5.41) is 8.78. The van der Waals surface area contributed by atoms with Gasteiger partial charge in [0.2, 0.25) is 0 Å². The maximum Gasteiger partial charge on any atom is 0.332 e. The van der Waals surface area contributed by atoms with Gasteiger partial charge in [-0.05, 0) is 36.8 Å². The van der Waals surface area contributed by atoms with Crippen LogP contribution in [0.3, 0.4) is 0 Å². The normalized spacial score (nSPS) is 13.4. The van der Waals surface area contributed by atoms with E-state index in [1.54, 1.807) is 37.4 Å². The molecule has 0 fully saturated rings. The molecule has 4 rings (SSSR count). The number of hydrogen-bond acceptors (Lipinski definition) is 5. The van der Waals surface area contributed by atoms with Crippen molar-refractivity contribution in [2.75, 3.05) is 0 Å². The monoisotopic (exact) mass is 379 g/mol. The van der Waals surface area contributed by atoms with Crippen LogP contribution < -0.4 is 11.2 Å². The fraction of sp³-hybridized carbons (Fsp3) is 0.105. The van der Waals surface area contributed by atoms with Crippen LogP contribution in [0.1, 0.15) is 26.6 Å². The van der Waals surface area contributed by atoms with Gasteiger partial charge < -0.3 is 5.73 Å². The van der Waals surface area contributed by atoms with Gasteiger partial charge in [-0.25, -0.2) is 24.1 Å².